The summed E-state index contributed by atoms with van der Waals surface area (Å²) in [6.45, 7) is 3.42. The fourth-order valence-corrected chi connectivity index (χ4v) is 4.66. The molecule has 0 radical (unpaired) electrons. The number of hydrogen-bond donors (Lipinski definition) is 2. The maximum absolute atomic E-state index is 12.7. The van der Waals surface area contributed by atoms with Gasteiger partial charge in [-0.1, -0.05) is 12.1 Å². The number of amides is 2. The van der Waals surface area contributed by atoms with Gasteiger partial charge in [0, 0.05) is 28.5 Å². The molecular formula is C24H24N2O5S2. The summed E-state index contributed by atoms with van der Waals surface area (Å²) in [7, 11) is 1.59. The van der Waals surface area contributed by atoms with Crippen LogP contribution in [-0.2, 0) is 14.3 Å². The standard InChI is InChI=1S/C24H24N2O5S2/c1-4-31-24(29)22-20(16-5-9-18(30-3)10-6-16)13-33-23(22)26-21(28)14-32-19-11-7-17(8-12-19)25-15(2)27/h5-13H,4,14H2,1-3H3,(H,25,27)(H,26,28). The van der Waals surface area contributed by atoms with Gasteiger partial charge in [-0.05, 0) is 48.9 Å². The van der Waals surface area contributed by atoms with Crippen molar-refractivity contribution in [3.05, 3.63) is 59.5 Å². The minimum Gasteiger partial charge on any atom is -0.497 e. The first kappa shape index (κ1) is 24.3. The van der Waals surface area contributed by atoms with Crippen molar-refractivity contribution in [1.29, 1.82) is 0 Å². The third-order valence-corrected chi connectivity index (χ3v) is 6.38. The molecule has 2 amide bonds. The largest absolute Gasteiger partial charge is 0.497 e. The zero-order valence-corrected chi connectivity index (χ0v) is 20.1. The number of nitrogens with one attached hydrogen (secondary N) is 2. The maximum Gasteiger partial charge on any atom is 0.341 e. The van der Waals surface area contributed by atoms with Gasteiger partial charge in [0.05, 0.1) is 19.5 Å². The molecule has 0 saturated heterocycles. The summed E-state index contributed by atoms with van der Waals surface area (Å²) in [6, 6.07) is 14.6. The summed E-state index contributed by atoms with van der Waals surface area (Å²) >= 11 is 2.64. The van der Waals surface area contributed by atoms with E-state index in [9.17, 15) is 14.4 Å². The predicted octanol–water partition coefficient (Wildman–Crippen LogP) is 5.29. The van der Waals surface area contributed by atoms with E-state index in [1.165, 1.54) is 30.0 Å². The molecule has 9 heteroatoms. The average Bonchev–Trinajstić information content (AvgIpc) is 3.22. The number of benzene rings is 2. The lowest BCUT2D eigenvalue weighted by Gasteiger charge is -2.09. The van der Waals surface area contributed by atoms with E-state index in [1.54, 1.807) is 26.2 Å². The number of thiophene rings is 1. The lowest BCUT2D eigenvalue weighted by atomic mass is 10.0. The Morgan fingerprint density at radius 3 is 2.30 bits per heavy atom. The van der Waals surface area contributed by atoms with Crippen LogP contribution < -0.4 is 15.4 Å². The third kappa shape index (κ3) is 6.59. The molecule has 0 unspecified atom stereocenters. The van der Waals surface area contributed by atoms with Gasteiger partial charge in [0.1, 0.15) is 16.3 Å². The van der Waals surface area contributed by atoms with Crippen molar-refractivity contribution in [2.75, 3.05) is 30.1 Å². The molecule has 172 valence electrons. The second kappa shape index (κ2) is 11.5. The van der Waals surface area contributed by atoms with Gasteiger partial charge in [-0.3, -0.25) is 9.59 Å². The second-order valence-electron chi connectivity index (χ2n) is 6.84. The number of ether oxygens (including phenoxy) is 2. The van der Waals surface area contributed by atoms with Crippen LogP contribution in [0.2, 0.25) is 0 Å². The summed E-state index contributed by atoms with van der Waals surface area (Å²) < 4.78 is 10.4. The van der Waals surface area contributed by atoms with Crippen LogP contribution in [0.25, 0.3) is 11.1 Å². The molecule has 0 fully saturated rings. The van der Waals surface area contributed by atoms with Crippen molar-refractivity contribution < 1.29 is 23.9 Å². The normalized spacial score (nSPS) is 10.4. The molecule has 0 atom stereocenters. The van der Waals surface area contributed by atoms with Gasteiger partial charge in [0.15, 0.2) is 0 Å². The van der Waals surface area contributed by atoms with Gasteiger partial charge in [-0.15, -0.1) is 23.1 Å². The zero-order valence-electron chi connectivity index (χ0n) is 18.5. The number of hydrogen-bond acceptors (Lipinski definition) is 7. The summed E-state index contributed by atoms with van der Waals surface area (Å²) in [5.41, 5.74) is 2.55. The molecule has 3 rings (SSSR count). The van der Waals surface area contributed by atoms with Crippen molar-refractivity contribution in [3.63, 3.8) is 0 Å². The van der Waals surface area contributed by atoms with E-state index in [2.05, 4.69) is 10.6 Å². The highest BCUT2D eigenvalue weighted by molar-refractivity contribution is 8.00. The summed E-state index contributed by atoms with van der Waals surface area (Å²) in [6.07, 6.45) is 0. The average molecular weight is 485 g/mol. The van der Waals surface area contributed by atoms with Gasteiger partial charge in [0.25, 0.3) is 0 Å². The van der Waals surface area contributed by atoms with E-state index in [-0.39, 0.29) is 24.2 Å². The minimum absolute atomic E-state index is 0.142. The molecule has 0 saturated carbocycles. The van der Waals surface area contributed by atoms with Crippen LogP contribution in [-0.4, -0.2) is 37.3 Å². The molecule has 3 aromatic rings. The lowest BCUT2D eigenvalue weighted by Crippen LogP contribution is -2.16. The van der Waals surface area contributed by atoms with Gasteiger partial charge >= 0.3 is 5.97 Å². The van der Waals surface area contributed by atoms with Crippen LogP contribution in [0, 0.1) is 0 Å². The number of anilines is 2. The van der Waals surface area contributed by atoms with Gasteiger partial charge in [-0.25, -0.2) is 4.79 Å². The Hall–Kier alpha value is -3.30. The Morgan fingerprint density at radius 1 is 1.00 bits per heavy atom. The van der Waals surface area contributed by atoms with Crippen molar-refractivity contribution >= 4 is 51.6 Å². The van der Waals surface area contributed by atoms with E-state index >= 15 is 0 Å². The third-order valence-electron chi connectivity index (χ3n) is 4.47. The fraction of sp³-hybridized carbons (Fsp3) is 0.208. The molecular weight excluding hydrogens is 460 g/mol. The molecule has 7 nitrogen and oxygen atoms in total. The SMILES string of the molecule is CCOC(=O)c1c(-c2ccc(OC)cc2)csc1NC(=O)CSc1ccc(NC(C)=O)cc1. The molecule has 0 aliphatic carbocycles. The number of esters is 1. The number of rotatable bonds is 9. The van der Waals surface area contributed by atoms with Crippen molar-refractivity contribution in [1.82, 2.24) is 0 Å². The van der Waals surface area contributed by atoms with E-state index in [1.807, 2.05) is 41.8 Å². The first-order chi connectivity index (χ1) is 15.9. The quantitative estimate of drug-likeness (QED) is 0.317. The van der Waals surface area contributed by atoms with Gasteiger partial charge in [-0.2, -0.15) is 0 Å². The van der Waals surface area contributed by atoms with Gasteiger partial charge < -0.3 is 20.1 Å². The van der Waals surface area contributed by atoms with E-state index in [0.717, 1.165) is 10.5 Å². The summed E-state index contributed by atoms with van der Waals surface area (Å²) in [5.74, 6) is 0.0116. The van der Waals surface area contributed by atoms with Crippen molar-refractivity contribution in [3.8, 4) is 16.9 Å². The molecule has 0 aliphatic heterocycles. The molecule has 2 aromatic carbocycles. The minimum atomic E-state index is -0.485. The lowest BCUT2D eigenvalue weighted by molar-refractivity contribution is -0.114. The molecule has 0 spiro atoms. The predicted molar refractivity (Wildman–Crippen MR) is 132 cm³/mol. The van der Waals surface area contributed by atoms with Crippen LogP contribution in [0.15, 0.2) is 58.8 Å². The Labute approximate surface area is 200 Å². The van der Waals surface area contributed by atoms with Crippen LogP contribution in [0.4, 0.5) is 10.7 Å². The monoisotopic (exact) mass is 484 g/mol. The zero-order chi connectivity index (χ0) is 23.8. The second-order valence-corrected chi connectivity index (χ2v) is 8.77. The number of thioether (sulfide) groups is 1. The summed E-state index contributed by atoms with van der Waals surface area (Å²) in [5, 5.41) is 7.83. The highest BCUT2D eigenvalue weighted by Crippen LogP contribution is 2.37. The first-order valence-electron chi connectivity index (χ1n) is 10.1. The van der Waals surface area contributed by atoms with Crippen LogP contribution in [0.5, 0.6) is 5.75 Å². The van der Waals surface area contributed by atoms with Crippen LogP contribution >= 0.6 is 23.1 Å². The Kier molecular flexibility index (Phi) is 8.51. The van der Waals surface area contributed by atoms with Gasteiger partial charge in [0.2, 0.25) is 11.8 Å². The van der Waals surface area contributed by atoms with E-state index in [4.69, 9.17) is 9.47 Å². The molecule has 0 aliphatic rings. The Balaban J connectivity index is 1.72. The topological polar surface area (TPSA) is 93.7 Å². The van der Waals surface area contributed by atoms with Crippen LogP contribution in [0.3, 0.4) is 0 Å². The molecule has 33 heavy (non-hydrogen) atoms. The number of carbonyl (C=O) groups excluding carboxylic acids is 3. The Morgan fingerprint density at radius 2 is 1.70 bits per heavy atom. The van der Waals surface area contributed by atoms with Crippen LogP contribution in [0.1, 0.15) is 24.2 Å². The van der Waals surface area contributed by atoms with E-state index in [0.29, 0.717) is 27.6 Å². The molecule has 1 heterocycles. The van der Waals surface area contributed by atoms with E-state index < -0.39 is 5.97 Å². The smallest absolute Gasteiger partial charge is 0.341 e. The van der Waals surface area contributed by atoms with Crippen molar-refractivity contribution in [2.24, 2.45) is 0 Å². The molecule has 1 aromatic heterocycles. The highest BCUT2D eigenvalue weighted by atomic mass is 32.2. The van der Waals surface area contributed by atoms with Crippen molar-refractivity contribution in [2.45, 2.75) is 18.7 Å². The Bertz CT molecular complexity index is 1120. The number of methoxy groups -OCH3 is 1. The molecule has 2 N–H and O–H groups in total. The fourth-order valence-electron chi connectivity index (χ4n) is 2.99. The maximum atomic E-state index is 12.7. The number of carbonyl (C=O) groups is 3. The molecule has 0 bridgehead atoms. The summed E-state index contributed by atoms with van der Waals surface area (Å²) in [4.78, 5) is 37.3. The highest BCUT2D eigenvalue weighted by Gasteiger charge is 2.23. The first-order valence-corrected chi connectivity index (χ1v) is 12.0.